The fraction of sp³-hybridized carbons (Fsp3) is 0.300. The summed E-state index contributed by atoms with van der Waals surface area (Å²) in [6.07, 6.45) is 1.16. The molecule has 1 fully saturated rings. The monoisotopic (exact) mass is 694 g/mol. The van der Waals surface area contributed by atoms with Gasteiger partial charge in [-0.1, -0.05) is 97.4 Å². The van der Waals surface area contributed by atoms with Crippen LogP contribution in [0.2, 0.25) is 0 Å². The quantitative estimate of drug-likeness (QED) is 0.121. The van der Waals surface area contributed by atoms with E-state index in [9.17, 15) is 9.59 Å². The number of fused-ring (bicyclic) bond motifs is 1. The lowest BCUT2D eigenvalue weighted by Crippen LogP contribution is -2.47. The van der Waals surface area contributed by atoms with Gasteiger partial charge in [0.15, 0.2) is 17.0 Å². The van der Waals surface area contributed by atoms with Crippen molar-refractivity contribution < 1.29 is 33.2 Å². The summed E-state index contributed by atoms with van der Waals surface area (Å²) in [4.78, 5) is 34.0. The summed E-state index contributed by atoms with van der Waals surface area (Å²) in [5, 5.41) is 0.395. The van der Waals surface area contributed by atoms with Gasteiger partial charge >= 0.3 is 12.1 Å². The van der Waals surface area contributed by atoms with Crippen LogP contribution in [0.5, 0.6) is 11.5 Å². The molecule has 260 valence electrons. The summed E-state index contributed by atoms with van der Waals surface area (Å²) in [6.45, 7) is 7.71. The van der Waals surface area contributed by atoms with Gasteiger partial charge in [0.05, 0.1) is 26.6 Å². The Morgan fingerprint density at radius 2 is 1.58 bits per heavy atom. The minimum absolute atomic E-state index is 0.0455. The molecule has 0 aliphatic carbocycles. The molecular formula is C40H42N2O7S. The minimum atomic E-state index is -3.21. The Morgan fingerprint density at radius 3 is 2.12 bits per heavy atom. The van der Waals surface area contributed by atoms with Gasteiger partial charge in [-0.15, -0.1) is 9.43 Å². The van der Waals surface area contributed by atoms with Crippen molar-refractivity contribution in [3.05, 3.63) is 131 Å². The Hall–Kier alpha value is -4.93. The van der Waals surface area contributed by atoms with Gasteiger partial charge in [-0.25, -0.2) is 9.59 Å². The lowest BCUT2D eigenvalue weighted by atomic mass is 9.83. The first kappa shape index (κ1) is 34.9. The summed E-state index contributed by atoms with van der Waals surface area (Å²) in [5.74, 6) is -0.536. The van der Waals surface area contributed by atoms with Crippen molar-refractivity contribution in [2.24, 2.45) is 10.3 Å². The molecule has 0 N–H and O–H groups in total. The molecule has 50 heavy (non-hydrogen) atoms. The zero-order chi connectivity index (χ0) is 35.6. The minimum Gasteiger partial charge on any atom is -0.626 e. The molecule has 4 aromatic rings. The van der Waals surface area contributed by atoms with Gasteiger partial charge in [0.2, 0.25) is 0 Å². The molecule has 2 aliphatic rings. The number of carbonyl (C=O) groups excluding carboxylic acids is 2. The molecular weight excluding hydrogens is 653 g/mol. The fourth-order valence-electron chi connectivity index (χ4n) is 7.24. The van der Waals surface area contributed by atoms with Gasteiger partial charge in [-0.2, -0.15) is 0 Å². The van der Waals surface area contributed by atoms with E-state index in [2.05, 4.69) is 6.08 Å². The molecule has 10 heteroatoms. The molecule has 0 radical (unpaired) electrons. The molecule has 2 heterocycles. The van der Waals surface area contributed by atoms with E-state index in [0.717, 1.165) is 27.3 Å². The SMILES string of the molecule is COc1cc2c(c(C)c1OC)N=[S+]([O-])(c1ccccc1)[C@H]([C@@H](C)CC(=O)ON1C(=O)OCC1(c1ccccc1)c1ccccc1)[C@H]2C=C(C)C. The van der Waals surface area contributed by atoms with Crippen molar-refractivity contribution in [3.63, 3.8) is 0 Å². The third-order valence-corrected chi connectivity index (χ3v) is 12.4. The molecule has 0 saturated carbocycles. The number of nitrogens with zero attached hydrogens (tertiary/aromatic N) is 2. The first-order valence-corrected chi connectivity index (χ1v) is 18.1. The Balaban J connectivity index is 1.43. The number of amides is 1. The Labute approximate surface area is 294 Å². The predicted molar refractivity (Wildman–Crippen MR) is 192 cm³/mol. The molecule has 1 unspecified atom stereocenters. The number of hydroxylamine groups is 2. The van der Waals surface area contributed by atoms with E-state index in [1.54, 1.807) is 14.2 Å². The van der Waals surface area contributed by atoms with Crippen LogP contribution >= 0.6 is 0 Å². The molecule has 2 aliphatic heterocycles. The second kappa shape index (κ2) is 14.1. The Morgan fingerprint density at radius 1 is 1.00 bits per heavy atom. The number of hydrogen-bond donors (Lipinski definition) is 0. The molecule has 4 atom stereocenters. The van der Waals surface area contributed by atoms with Crippen LogP contribution in [0.1, 0.15) is 55.4 Å². The molecule has 0 spiro atoms. The van der Waals surface area contributed by atoms with Crippen LogP contribution in [0.3, 0.4) is 0 Å². The summed E-state index contributed by atoms with van der Waals surface area (Å²) in [7, 11) is -0.0566. The third-order valence-electron chi connectivity index (χ3n) is 9.47. The van der Waals surface area contributed by atoms with E-state index in [4.69, 9.17) is 23.4 Å². The average Bonchev–Trinajstić information content (AvgIpc) is 3.45. The largest absolute Gasteiger partial charge is 0.626 e. The number of rotatable bonds is 10. The van der Waals surface area contributed by atoms with Gasteiger partial charge in [0.25, 0.3) is 0 Å². The number of ether oxygens (including phenoxy) is 3. The number of methoxy groups -OCH3 is 2. The van der Waals surface area contributed by atoms with Crippen molar-refractivity contribution in [1.82, 2.24) is 5.06 Å². The molecule has 1 amide bonds. The lowest BCUT2D eigenvalue weighted by Gasteiger charge is -2.42. The van der Waals surface area contributed by atoms with Crippen LogP contribution in [-0.2, 0) is 30.0 Å². The smallest absolute Gasteiger partial charge is 0.444 e. The maximum Gasteiger partial charge on any atom is 0.444 e. The number of hydrogen-bond acceptors (Lipinski definition) is 8. The van der Waals surface area contributed by atoms with Gasteiger partial charge in [-0.3, -0.25) is 0 Å². The Bertz CT molecular complexity index is 1920. The van der Waals surface area contributed by atoms with Crippen LogP contribution in [0.15, 0.2) is 118 Å². The van der Waals surface area contributed by atoms with Crippen LogP contribution in [0, 0.1) is 12.8 Å². The maximum absolute atomic E-state index is 15.6. The molecule has 0 aromatic heterocycles. The molecule has 1 saturated heterocycles. The van der Waals surface area contributed by atoms with Crippen molar-refractivity contribution in [1.29, 1.82) is 0 Å². The fourth-order valence-corrected chi connectivity index (χ4v) is 10.2. The third kappa shape index (κ3) is 6.07. The average molecular weight is 695 g/mol. The molecule has 6 rings (SSSR count). The highest BCUT2D eigenvalue weighted by atomic mass is 32.3. The van der Waals surface area contributed by atoms with E-state index in [1.807, 2.05) is 125 Å². The summed E-state index contributed by atoms with van der Waals surface area (Å²) in [6, 6.07) is 29.8. The standard InChI is InChI=1S/C40H42N2O7S/c1-26(2)22-33-32-24-34(46-5)37(47-6)28(4)36(32)41-50(45,31-20-14-9-15-21-31)38(33)27(3)23-35(43)49-42-39(44)48-25-40(42,29-16-10-7-11-17-29)30-18-12-8-13-19-30/h7-22,24,27,33,38H,23,25H2,1-6H3/t27-,33-,38+,50?/m0/s1. The highest BCUT2D eigenvalue weighted by Crippen LogP contribution is 2.53. The number of benzene rings is 4. The van der Waals surface area contributed by atoms with Gasteiger partial charge in [-0.05, 0) is 65.8 Å². The lowest BCUT2D eigenvalue weighted by molar-refractivity contribution is -0.190. The molecule has 0 bridgehead atoms. The van der Waals surface area contributed by atoms with E-state index in [0.29, 0.717) is 27.6 Å². The van der Waals surface area contributed by atoms with E-state index in [1.165, 1.54) is 0 Å². The van der Waals surface area contributed by atoms with Crippen molar-refractivity contribution in [3.8, 4) is 11.5 Å². The number of carbonyl (C=O) groups is 2. The normalized spacial score (nSPS) is 21.3. The summed E-state index contributed by atoms with van der Waals surface area (Å²) >= 11 is 0. The summed E-state index contributed by atoms with van der Waals surface area (Å²) < 4.78 is 37.6. The van der Waals surface area contributed by atoms with Crippen molar-refractivity contribution in [2.75, 3.05) is 20.8 Å². The second-order valence-corrected chi connectivity index (χ2v) is 15.3. The van der Waals surface area contributed by atoms with Gasteiger partial charge < -0.3 is 23.6 Å². The maximum atomic E-state index is 15.6. The molecule has 4 aromatic carbocycles. The van der Waals surface area contributed by atoms with Crippen molar-refractivity contribution >= 4 is 27.9 Å². The highest BCUT2D eigenvalue weighted by Gasteiger charge is 2.54. The number of allylic oxidation sites excluding steroid dienone is 2. The summed E-state index contributed by atoms with van der Waals surface area (Å²) in [5.41, 5.74) is 3.41. The van der Waals surface area contributed by atoms with E-state index < -0.39 is 44.8 Å². The topological polar surface area (TPSA) is 110 Å². The zero-order valence-corrected chi connectivity index (χ0v) is 29.9. The molecule has 9 nitrogen and oxygen atoms in total. The van der Waals surface area contributed by atoms with Crippen LogP contribution in [0.25, 0.3) is 0 Å². The highest BCUT2D eigenvalue weighted by molar-refractivity contribution is 8.00. The van der Waals surface area contributed by atoms with Crippen LogP contribution < -0.4 is 9.47 Å². The zero-order valence-electron chi connectivity index (χ0n) is 29.1. The van der Waals surface area contributed by atoms with Gasteiger partial charge in [0, 0.05) is 11.5 Å². The Kier molecular flexibility index (Phi) is 9.87. The van der Waals surface area contributed by atoms with Gasteiger partial charge in [0.1, 0.15) is 22.4 Å². The first-order chi connectivity index (χ1) is 24.0. The second-order valence-electron chi connectivity index (χ2n) is 13.0. The van der Waals surface area contributed by atoms with E-state index in [-0.39, 0.29) is 13.0 Å². The van der Waals surface area contributed by atoms with Crippen molar-refractivity contribution in [2.45, 2.75) is 55.7 Å². The number of cyclic esters (lactones) is 1. The van der Waals surface area contributed by atoms with E-state index >= 15 is 4.55 Å². The van der Waals surface area contributed by atoms with Crippen LogP contribution in [-0.4, -0.2) is 47.8 Å². The van der Waals surface area contributed by atoms with Crippen LogP contribution in [0.4, 0.5) is 10.5 Å². The first-order valence-electron chi connectivity index (χ1n) is 16.6. The predicted octanol–water partition coefficient (Wildman–Crippen LogP) is 8.48.